The Hall–Kier alpha value is -2.03. The summed E-state index contributed by atoms with van der Waals surface area (Å²) in [5.74, 6) is -0.156. The van der Waals surface area contributed by atoms with Crippen molar-refractivity contribution in [3.8, 4) is 0 Å². The molecule has 0 saturated heterocycles. The summed E-state index contributed by atoms with van der Waals surface area (Å²) in [6, 6.07) is 7.46. The van der Waals surface area contributed by atoms with Gasteiger partial charge in [-0.25, -0.2) is 0 Å². The van der Waals surface area contributed by atoms with Crippen molar-refractivity contribution in [1.29, 1.82) is 0 Å². The van der Waals surface area contributed by atoms with Gasteiger partial charge in [0.25, 0.3) is 5.91 Å². The number of nitrogens with one attached hydrogen (secondary N) is 1. The Morgan fingerprint density at radius 1 is 1.19 bits per heavy atom. The van der Waals surface area contributed by atoms with Crippen LogP contribution in [0.1, 0.15) is 21.5 Å². The molecule has 16 heavy (non-hydrogen) atoms. The molecule has 0 bridgehead atoms. The molecule has 2 rings (SSSR count). The molecule has 82 valence electrons. The number of furan rings is 1. The van der Waals surface area contributed by atoms with E-state index in [-0.39, 0.29) is 5.91 Å². The molecule has 0 aliphatic heterocycles. The number of carbonyl (C=O) groups excluding carboxylic acids is 1. The predicted octanol–water partition coefficient (Wildman–Crippen LogP) is 3.15. The van der Waals surface area contributed by atoms with Crippen LogP contribution in [0.25, 0.3) is 0 Å². The summed E-state index contributed by atoms with van der Waals surface area (Å²) < 4.78 is 4.86. The van der Waals surface area contributed by atoms with Gasteiger partial charge >= 0.3 is 0 Å². The SMILES string of the molecule is Cc1ccc(NC(=O)c2ccoc2)cc1C. The second-order valence-electron chi connectivity index (χ2n) is 3.77. The number of hydrogen-bond donors (Lipinski definition) is 1. The van der Waals surface area contributed by atoms with E-state index in [9.17, 15) is 4.79 Å². The summed E-state index contributed by atoms with van der Waals surface area (Å²) in [7, 11) is 0. The average molecular weight is 215 g/mol. The summed E-state index contributed by atoms with van der Waals surface area (Å²) in [6.45, 7) is 4.06. The first-order valence-corrected chi connectivity index (χ1v) is 5.07. The summed E-state index contributed by atoms with van der Waals surface area (Å²) >= 11 is 0. The van der Waals surface area contributed by atoms with Gasteiger partial charge in [-0.05, 0) is 43.2 Å². The first-order valence-electron chi connectivity index (χ1n) is 5.07. The van der Waals surface area contributed by atoms with Gasteiger partial charge in [0.15, 0.2) is 0 Å². The summed E-state index contributed by atoms with van der Waals surface area (Å²) in [5.41, 5.74) is 3.69. The number of rotatable bonds is 2. The maximum atomic E-state index is 11.7. The number of hydrogen-bond acceptors (Lipinski definition) is 2. The van der Waals surface area contributed by atoms with Crippen molar-refractivity contribution in [2.75, 3.05) is 5.32 Å². The number of aryl methyl sites for hydroxylation is 2. The molecule has 0 aliphatic rings. The Morgan fingerprint density at radius 2 is 2.00 bits per heavy atom. The average Bonchev–Trinajstić information content (AvgIpc) is 2.77. The number of amides is 1. The van der Waals surface area contributed by atoms with E-state index in [1.54, 1.807) is 6.07 Å². The first-order chi connectivity index (χ1) is 7.66. The Balaban J connectivity index is 2.15. The van der Waals surface area contributed by atoms with Gasteiger partial charge in [0.1, 0.15) is 6.26 Å². The van der Waals surface area contributed by atoms with Crippen molar-refractivity contribution < 1.29 is 9.21 Å². The molecule has 0 spiro atoms. The summed E-state index contributed by atoms with van der Waals surface area (Å²) in [6.07, 6.45) is 2.91. The molecule has 1 heterocycles. The normalized spacial score (nSPS) is 10.1. The molecular weight excluding hydrogens is 202 g/mol. The first kappa shape index (κ1) is 10.5. The lowest BCUT2D eigenvalue weighted by Crippen LogP contribution is -2.10. The van der Waals surface area contributed by atoms with E-state index in [0.29, 0.717) is 5.56 Å². The third kappa shape index (κ3) is 2.14. The molecular formula is C13H13NO2. The smallest absolute Gasteiger partial charge is 0.258 e. The Labute approximate surface area is 94.1 Å². The molecule has 1 amide bonds. The van der Waals surface area contributed by atoms with Crippen molar-refractivity contribution in [2.24, 2.45) is 0 Å². The Morgan fingerprint density at radius 3 is 2.62 bits per heavy atom. The Bertz CT molecular complexity index is 501. The van der Waals surface area contributed by atoms with E-state index in [1.807, 2.05) is 32.0 Å². The standard InChI is InChI=1S/C13H13NO2/c1-9-3-4-12(7-10(9)2)14-13(15)11-5-6-16-8-11/h3-8H,1-2H3,(H,14,15). The van der Waals surface area contributed by atoms with Crippen molar-refractivity contribution >= 4 is 11.6 Å². The van der Waals surface area contributed by atoms with Gasteiger partial charge in [-0.3, -0.25) is 4.79 Å². The highest BCUT2D eigenvalue weighted by Gasteiger charge is 2.07. The molecule has 0 unspecified atom stereocenters. The third-order valence-corrected chi connectivity index (χ3v) is 2.55. The predicted molar refractivity (Wildman–Crippen MR) is 62.6 cm³/mol. The minimum absolute atomic E-state index is 0.156. The number of benzene rings is 1. The van der Waals surface area contributed by atoms with Crippen LogP contribution in [0.15, 0.2) is 41.2 Å². The monoisotopic (exact) mass is 215 g/mol. The van der Waals surface area contributed by atoms with E-state index in [1.165, 1.54) is 18.1 Å². The minimum atomic E-state index is -0.156. The zero-order chi connectivity index (χ0) is 11.5. The van der Waals surface area contributed by atoms with Crippen LogP contribution in [-0.4, -0.2) is 5.91 Å². The largest absolute Gasteiger partial charge is 0.472 e. The molecule has 0 fully saturated rings. The molecule has 0 radical (unpaired) electrons. The van der Waals surface area contributed by atoms with E-state index in [4.69, 9.17) is 4.42 Å². The third-order valence-electron chi connectivity index (χ3n) is 2.55. The lowest BCUT2D eigenvalue weighted by Gasteiger charge is -2.06. The van der Waals surface area contributed by atoms with Crippen molar-refractivity contribution in [3.63, 3.8) is 0 Å². The van der Waals surface area contributed by atoms with Crippen molar-refractivity contribution in [2.45, 2.75) is 13.8 Å². The molecule has 2 aromatic rings. The van der Waals surface area contributed by atoms with Crippen LogP contribution in [0.4, 0.5) is 5.69 Å². The molecule has 3 nitrogen and oxygen atoms in total. The van der Waals surface area contributed by atoms with Crippen LogP contribution < -0.4 is 5.32 Å². The summed E-state index contributed by atoms with van der Waals surface area (Å²) in [5, 5.41) is 2.81. The fourth-order valence-electron chi connectivity index (χ4n) is 1.42. The topological polar surface area (TPSA) is 42.2 Å². The van der Waals surface area contributed by atoms with E-state index in [0.717, 1.165) is 11.3 Å². The second-order valence-corrected chi connectivity index (χ2v) is 3.77. The fraction of sp³-hybridized carbons (Fsp3) is 0.154. The lowest BCUT2D eigenvalue weighted by molar-refractivity contribution is 0.102. The van der Waals surface area contributed by atoms with E-state index in [2.05, 4.69) is 5.32 Å². The molecule has 1 N–H and O–H groups in total. The maximum absolute atomic E-state index is 11.7. The molecule has 0 atom stereocenters. The zero-order valence-electron chi connectivity index (χ0n) is 9.28. The van der Waals surface area contributed by atoms with E-state index < -0.39 is 0 Å². The minimum Gasteiger partial charge on any atom is -0.472 e. The highest BCUT2D eigenvalue weighted by molar-refractivity contribution is 6.04. The highest BCUT2D eigenvalue weighted by atomic mass is 16.3. The zero-order valence-corrected chi connectivity index (χ0v) is 9.28. The van der Waals surface area contributed by atoms with E-state index >= 15 is 0 Å². The van der Waals surface area contributed by atoms with Crippen LogP contribution in [0.2, 0.25) is 0 Å². The second kappa shape index (κ2) is 4.23. The molecule has 1 aromatic carbocycles. The van der Waals surface area contributed by atoms with Gasteiger partial charge in [0.2, 0.25) is 0 Å². The van der Waals surface area contributed by atoms with Crippen LogP contribution in [0.3, 0.4) is 0 Å². The molecule has 0 aliphatic carbocycles. The van der Waals surface area contributed by atoms with Gasteiger partial charge in [0, 0.05) is 5.69 Å². The van der Waals surface area contributed by atoms with Gasteiger partial charge in [-0.1, -0.05) is 6.07 Å². The van der Waals surface area contributed by atoms with Crippen LogP contribution in [-0.2, 0) is 0 Å². The van der Waals surface area contributed by atoms with Gasteiger partial charge in [0.05, 0.1) is 11.8 Å². The van der Waals surface area contributed by atoms with Crippen LogP contribution in [0.5, 0.6) is 0 Å². The summed E-state index contributed by atoms with van der Waals surface area (Å²) in [4.78, 5) is 11.7. The van der Waals surface area contributed by atoms with Gasteiger partial charge in [-0.2, -0.15) is 0 Å². The lowest BCUT2D eigenvalue weighted by atomic mass is 10.1. The Kier molecular flexibility index (Phi) is 2.77. The van der Waals surface area contributed by atoms with Crippen LogP contribution >= 0.6 is 0 Å². The molecule has 1 aromatic heterocycles. The number of anilines is 1. The van der Waals surface area contributed by atoms with Crippen molar-refractivity contribution in [1.82, 2.24) is 0 Å². The van der Waals surface area contributed by atoms with Gasteiger partial charge < -0.3 is 9.73 Å². The molecule has 0 saturated carbocycles. The van der Waals surface area contributed by atoms with Crippen molar-refractivity contribution in [3.05, 3.63) is 53.5 Å². The number of carbonyl (C=O) groups is 1. The van der Waals surface area contributed by atoms with Gasteiger partial charge in [-0.15, -0.1) is 0 Å². The quantitative estimate of drug-likeness (QED) is 0.836. The molecule has 3 heteroatoms. The maximum Gasteiger partial charge on any atom is 0.258 e. The highest BCUT2D eigenvalue weighted by Crippen LogP contribution is 2.15. The fourth-order valence-corrected chi connectivity index (χ4v) is 1.42. The van der Waals surface area contributed by atoms with Crippen LogP contribution in [0, 0.1) is 13.8 Å².